The molecule has 0 bridgehead atoms. The van der Waals surface area contributed by atoms with E-state index in [1.807, 2.05) is 27.7 Å². The van der Waals surface area contributed by atoms with Gasteiger partial charge in [0.2, 0.25) is 0 Å². The normalized spacial score (nSPS) is 20.9. The number of rotatable bonds is 0. The zero-order chi connectivity index (χ0) is 16.0. The summed E-state index contributed by atoms with van der Waals surface area (Å²) >= 11 is 0. The van der Waals surface area contributed by atoms with Crippen LogP contribution in [0.4, 0.5) is 0 Å². The first-order valence-corrected chi connectivity index (χ1v) is 7.19. The van der Waals surface area contributed by atoms with Gasteiger partial charge < -0.3 is 19.7 Å². The number of ether oxygens (including phenoxy) is 2. The van der Waals surface area contributed by atoms with Crippen LogP contribution in [-0.4, -0.2) is 22.3 Å². The van der Waals surface area contributed by atoms with E-state index in [2.05, 4.69) is 0 Å². The van der Waals surface area contributed by atoms with Crippen LogP contribution in [0.2, 0.25) is 0 Å². The van der Waals surface area contributed by atoms with Crippen LogP contribution < -0.4 is 9.47 Å². The van der Waals surface area contributed by atoms with Crippen LogP contribution in [0.15, 0.2) is 6.07 Å². The summed E-state index contributed by atoms with van der Waals surface area (Å²) in [5.41, 5.74) is 1.09. The minimum Gasteiger partial charge on any atom is -0.507 e. The second-order valence-corrected chi connectivity index (χ2v) is 6.59. The van der Waals surface area contributed by atoms with Gasteiger partial charge in [-0.1, -0.05) is 13.8 Å². The molecule has 2 N–H and O–H groups in total. The quantitative estimate of drug-likeness (QED) is 0.577. The summed E-state index contributed by atoms with van der Waals surface area (Å²) in [5, 5.41) is 21.9. The Kier molecular flexibility index (Phi) is 2.20. The van der Waals surface area contributed by atoms with Gasteiger partial charge in [-0.15, -0.1) is 0 Å². The van der Waals surface area contributed by atoms with Crippen molar-refractivity contribution < 1.29 is 24.5 Å². The first-order valence-electron chi connectivity index (χ1n) is 7.19. The number of aromatic hydroxyl groups is 2. The van der Waals surface area contributed by atoms with E-state index in [-0.39, 0.29) is 28.9 Å². The molecule has 2 aliphatic rings. The first kappa shape index (κ1) is 13.2. The maximum absolute atomic E-state index is 12.2. The summed E-state index contributed by atoms with van der Waals surface area (Å²) in [4.78, 5) is 12.2. The fourth-order valence-electron chi connectivity index (χ4n) is 3.48. The van der Waals surface area contributed by atoms with Crippen LogP contribution in [0, 0.1) is 6.92 Å². The van der Waals surface area contributed by atoms with Crippen LogP contribution in [0.1, 0.15) is 42.3 Å². The summed E-state index contributed by atoms with van der Waals surface area (Å²) in [6.07, 6.45) is -0.140. The van der Waals surface area contributed by atoms with Gasteiger partial charge in [0, 0.05) is 16.4 Å². The van der Waals surface area contributed by atoms with Gasteiger partial charge in [-0.05, 0) is 25.5 Å². The molecule has 0 aliphatic carbocycles. The molecule has 0 radical (unpaired) electrons. The van der Waals surface area contributed by atoms with Gasteiger partial charge in [0.05, 0.1) is 5.39 Å². The third-order valence-corrected chi connectivity index (χ3v) is 4.99. The number of phenolic OH excluding ortho intramolecular Hbond substituents is 2. The molecular formula is C17H16O5. The molecule has 0 saturated heterocycles. The van der Waals surface area contributed by atoms with E-state index in [4.69, 9.17) is 9.47 Å². The maximum atomic E-state index is 12.2. The first-order chi connectivity index (χ1) is 10.2. The Hall–Kier alpha value is -2.43. The molecule has 0 saturated carbocycles. The van der Waals surface area contributed by atoms with Crippen LogP contribution >= 0.6 is 0 Å². The lowest BCUT2D eigenvalue weighted by Crippen LogP contribution is -2.29. The highest BCUT2D eigenvalue weighted by Gasteiger charge is 2.46. The van der Waals surface area contributed by atoms with E-state index >= 15 is 0 Å². The molecule has 5 heteroatoms. The number of fused-ring (bicyclic) bond motifs is 2. The molecule has 0 spiro atoms. The SMILES string of the molecule is Cc1cc(O)c2c3c(c(O)c4c(c13)O[C@H](C)C4(C)C)C(=O)O2. The molecule has 1 atom stereocenters. The number of esters is 1. The lowest BCUT2D eigenvalue weighted by Gasteiger charge is -2.22. The number of aryl methyl sites for hydroxylation is 1. The van der Waals surface area contributed by atoms with Crippen molar-refractivity contribution in [1.82, 2.24) is 0 Å². The van der Waals surface area contributed by atoms with Crippen molar-refractivity contribution in [2.24, 2.45) is 0 Å². The van der Waals surface area contributed by atoms with Crippen molar-refractivity contribution in [1.29, 1.82) is 0 Å². The number of benzene rings is 2. The summed E-state index contributed by atoms with van der Waals surface area (Å²) in [6.45, 7) is 7.71. The predicted molar refractivity (Wildman–Crippen MR) is 80.1 cm³/mol. The fraction of sp³-hybridized carbons (Fsp3) is 0.353. The van der Waals surface area contributed by atoms with Crippen molar-refractivity contribution in [3.63, 3.8) is 0 Å². The summed E-state index contributed by atoms with van der Waals surface area (Å²) < 4.78 is 11.2. The lowest BCUT2D eigenvalue weighted by atomic mass is 9.79. The van der Waals surface area contributed by atoms with E-state index in [1.165, 1.54) is 0 Å². The Balaban J connectivity index is 2.29. The number of hydrogen-bond donors (Lipinski definition) is 2. The van der Waals surface area contributed by atoms with Gasteiger partial charge in [-0.25, -0.2) is 4.79 Å². The van der Waals surface area contributed by atoms with Crippen molar-refractivity contribution >= 4 is 16.7 Å². The van der Waals surface area contributed by atoms with Gasteiger partial charge in [-0.2, -0.15) is 0 Å². The molecule has 0 unspecified atom stereocenters. The molecular weight excluding hydrogens is 284 g/mol. The van der Waals surface area contributed by atoms with E-state index in [1.54, 1.807) is 6.07 Å². The molecule has 2 aromatic carbocycles. The van der Waals surface area contributed by atoms with Gasteiger partial charge in [-0.3, -0.25) is 0 Å². The molecule has 0 fully saturated rings. The van der Waals surface area contributed by atoms with Crippen LogP contribution in [0.3, 0.4) is 0 Å². The number of phenols is 2. The highest BCUT2D eigenvalue weighted by molar-refractivity contribution is 6.19. The maximum Gasteiger partial charge on any atom is 0.348 e. The van der Waals surface area contributed by atoms with E-state index in [9.17, 15) is 15.0 Å². The average Bonchev–Trinajstić information content (AvgIpc) is 2.86. The van der Waals surface area contributed by atoms with Crippen molar-refractivity contribution in [2.45, 2.75) is 39.2 Å². The van der Waals surface area contributed by atoms with Gasteiger partial charge in [0.15, 0.2) is 11.5 Å². The molecule has 5 nitrogen and oxygen atoms in total. The Morgan fingerprint density at radius 3 is 2.55 bits per heavy atom. The molecule has 114 valence electrons. The lowest BCUT2D eigenvalue weighted by molar-refractivity contribution is 0.0747. The van der Waals surface area contributed by atoms with Gasteiger partial charge in [0.25, 0.3) is 0 Å². The Morgan fingerprint density at radius 1 is 1.18 bits per heavy atom. The summed E-state index contributed by atoms with van der Waals surface area (Å²) in [6, 6.07) is 1.55. The topological polar surface area (TPSA) is 76.0 Å². The van der Waals surface area contributed by atoms with E-state index < -0.39 is 11.4 Å². The summed E-state index contributed by atoms with van der Waals surface area (Å²) in [7, 11) is 0. The smallest absolute Gasteiger partial charge is 0.348 e. The predicted octanol–water partition coefficient (Wildman–Crippen LogP) is 3.15. The number of carbonyl (C=O) groups excluding carboxylic acids is 1. The third kappa shape index (κ3) is 1.27. The summed E-state index contributed by atoms with van der Waals surface area (Å²) in [5.74, 6) is -0.186. The second-order valence-electron chi connectivity index (χ2n) is 6.59. The zero-order valence-electron chi connectivity index (χ0n) is 12.8. The minimum atomic E-state index is -0.642. The largest absolute Gasteiger partial charge is 0.507 e. The van der Waals surface area contributed by atoms with Crippen molar-refractivity contribution in [3.05, 3.63) is 22.8 Å². The van der Waals surface area contributed by atoms with Gasteiger partial charge >= 0.3 is 5.97 Å². The van der Waals surface area contributed by atoms with Crippen molar-refractivity contribution in [2.75, 3.05) is 0 Å². The monoisotopic (exact) mass is 300 g/mol. The van der Waals surface area contributed by atoms with Crippen LogP contribution in [0.25, 0.3) is 10.8 Å². The second kappa shape index (κ2) is 3.66. The Bertz CT molecular complexity index is 879. The third-order valence-electron chi connectivity index (χ3n) is 4.99. The van der Waals surface area contributed by atoms with E-state index in [0.29, 0.717) is 16.7 Å². The van der Waals surface area contributed by atoms with E-state index in [0.717, 1.165) is 10.9 Å². The Morgan fingerprint density at radius 2 is 1.86 bits per heavy atom. The van der Waals surface area contributed by atoms with Crippen LogP contribution in [0.5, 0.6) is 23.0 Å². The average molecular weight is 300 g/mol. The van der Waals surface area contributed by atoms with Crippen LogP contribution in [-0.2, 0) is 5.41 Å². The zero-order valence-corrected chi connectivity index (χ0v) is 12.8. The molecule has 22 heavy (non-hydrogen) atoms. The standard InChI is InChI=1S/C17H16O5/c1-6-5-8(18)14-10-9(6)15-12(17(3,4)7(2)21-15)13(19)11(10)16(20)22-14/h5,7,18-19H,1-4H3/t7-/m1/s1. The molecule has 2 aromatic rings. The van der Waals surface area contributed by atoms with Crippen molar-refractivity contribution in [3.8, 4) is 23.0 Å². The van der Waals surface area contributed by atoms with Gasteiger partial charge in [0.1, 0.15) is 23.2 Å². The number of carbonyl (C=O) groups is 1. The molecule has 2 aliphatic heterocycles. The molecule has 4 rings (SSSR count). The Labute approximate surface area is 127 Å². The fourth-order valence-corrected chi connectivity index (χ4v) is 3.48. The minimum absolute atomic E-state index is 0.0969. The highest BCUT2D eigenvalue weighted by Crippen LogP contribution is 2.57. The molecule has 0 amide bonds. The molecule has 2 heterocycles. The molecule has 0 aromatic heterocycles. The highest BCUT2D eigenvalue weighted by atomic mass is 16.5. The number of hydrogen-bond acceptors (Lipinski definition) is 5.